The second-order valence-corrected chi connectivity index (χ2v) is 6.33. The number of aromatic nitrogens is 3. The Balaban J connectivity index is 2.03. The maximum atomic E-state index is 4.59. The number of rotatable bonds is 4. The van der Waals surface area contributed by atoms with Gasteiger partial charge in [-0.25, -0.2) is 0 Å². The molecule has 0 aromatic carbocycles. The van der Waals surface area contributed by atoms with Crippen LogP contribution in [0.25, 0.3) is 0 Å². The molecular weight excluding hydrogens is 248 g/mol. The van der Waals surface area contributed by atoms with Gasteiger partial charge in [0.25, 0.3) is 0 Å². The number of nitrogens with zero attached hydrogens (tertiary/aromatic N) is 3. The molecule has 0 amide bonds. The topological polar surface area (TPSA) is 42.7 Å². The molecule has 2 aromatic rings. The first-order valence-corrected chi connectivity index (χ1v) is 7.01. The largest absolute Gasteiger partial charge is 0.308 e. The second kappa shape index (κ2) is 5.75. The van der Waals surface area contributed by atoms with Gasteiger partial charge in [0.05, 0.1) is 5.69 Å². The molecule has 2 aromatic heterocycles. The Bertz CT molecular complexity index is 578. The van der Waals surface area contributed by atoms with Gasteiger partial charge in [0, 0.05) is 49.7 Å². The average molecular weight is 272 g/mol. The Kier molecular flexibility index (Phi) is 4.23. The number of hydrogen-bond donors (Lipinski definition) is 1. The zero-order valence-electron chi connectivity index (χ0n) is 13.1. The Morgan fingerprint density at radius 2 is 1.90 bits per heavy atom. The minimum Gasteiger partial charge on any atom is -0.308 e. The van der Waals surface area contributed by atoms with E-state index in [0.29, 0.717) is 0 Å². The Morgan fingerprint density at radius 1 is 1.20 bits per heavy atom. The summed E-state index contributed by atoms with van der Waals surface area (Å²) in [5.74, 6) is 0. The lowest BCUT2D eigenvalue weighted by Gasteiger charge is -2.17. The van der Waals surface area contributed by atoms with Crippen molar-refractivity contribution in [2.24, 2.45) is 7.05 Å². The quantitative estimate of drug-likeness (QED) is 0.930. The molecule has 0 fully saturated rings. The third kappa shape index (κ3) is 3.45. The Labute approximate surface area is 121 Å². The van der Waals surface area contributed by atoms with Crippen molar-refractivity contribution < 1.29 is 0 Å². The Morgan fingerprint density at radius 3 is 2.55 bits per heavy atom. The van der Waals surface area contributed by atoms with E-state index in [1.807, 2.05) is 30.2 Å². The van der Waals surface area contributed by atoms with E-state index in [4.69, 9.17) is 0 Å². The fourth-order valence-electron chi connectivity index (χ4n) is 2.31. The van der Waals surface area contributed by atoms with Gasteiger partial charge in [-0.15, -0.1) is 0 Å². The third-order valence-corrected chi connectivity index (χ3v) is 3.39. The molecule has 0 saturated carbocycles. The van der Waals surface area contributed by atoms with E-state index in [0.717, 1.165) is 18.8 Å². The highest BCUT2D eigenvalue weighted by molar-refractivity contribution is 5.25. The predicted molar refractivity (Wildman–Crippen MR) is 81.4 cm³/mol. The van der Waals surface area contributed by atoms with Crippen LogP contribution in [0.1, 0.15) is 43.2 Å². The van der Waals surface area contributed by atoms with Crippen LogP contribution in [0.15, 0.2) is 24.7 Å². The lowest BCUT2D eigenvalue weighted by atomic mass is 9.89. The summed E-state index contributed by atoms with van der Waals surface area (Å²) in [4.78, 5) is 4.18. The van der Waals surface area contributed by atoms with Gasteiger partial charge in [0.15, 0.2) is 0 Å². The first-order valence-electron chi connectivity index (χ1n) is 7.01. The molecule has 0 unspecified atom stereocenters. The summed E-state index contributed by atoms with van der Waals surface area (Å²) >= 11 is 0. The summed E-state index contributed by atoms with van der Waals surface area (Å²) in [6, 6.07) is 2.04. The van der Waals surface area contributed by atoms with Crippen LogP contribution in [0.3, 0.4) is 0 Å². The summed E-state index contributed by atoms with van der Waals surface area (Å²) in [6.45, 7) is 10.4. The molecule has 108 valence electrons. The molecule has 1 N–H and O–H groups in total. The van der Waals surface area contributed by atoms with Crippen molar-refractivity contribution in [3.8, 4) is 0 Å². The number of pyridine rings is 1. The molecule has 2 rings (SSSR count). The standard InChI is InChI=1S/C16H24N4/c1-12-6-7-17-8-13(12)9-18-10-14-11-20(5)19-15(14)16(2,3)4/h6-8,11,18H,9-10H2,1-5H3. The van der Waals surface area contributed by atoms with Crippen molar-refractivity contribution in [2.75, 3.05) is 0 Å². The molecule has 20 heavy (non-hydrogen) atoms. The molecule has 0 aliphatic heterocycles. The van der Waals surface area contributed by atoms with Gasteiger partial charge in [-0.05, 0) is 24.1 Å². The molecule has 0 aliphatic carbocycles. The maximum absolute atomic E-state index is 4.59. The Hall–Kier alpha value is -1.68. The van der Waals surface area contributed by atoms with Crippen molar-refractivity contribution in [1.82, 2.24) is 20.1 Å². The van der Waals surface area contributed by atoms with Crippen LogP contribution in [0.4, 0.5) is 0 Å². The summed E-state index contributed by atoms with van der Waals surface area (Å²) < 4.78 is 1.90. The number of nitrogens with one attached hydrogen (secondary N) is 1. The van der Waals surface area contributed by atoms with Crippen molar-refractivity contribution >= 4 is 0 Å². The lowest BCUT2D eigenvalue weighted by molar-refractivity contribution is 0.543. The maximum Gasteiger partial charge on any atom is 0.0722 e. The van der Waals surface area contributed by atoms with Gasteiger partial charge >= 0.3 is 0 Å². The highest BCUT2D eigenvalue weighted by atomic mass is 15.3. The van der Waals surface area contributed by atoms with Crippen LogP contribution in [0, 0.1) is 6.92 Å². The zero-order valence-corrected chi connectivity index (χ0v) is 13.1. The molecular formula is C16H24N4. The minimum atomic E-state index is 0.0719. The van der Waals surface area contributed by atoms with E-state index in [2.05, 4.69) is 49.3 Å². The van der Waals surface area contributed by atoms with Crippen LogP contribution >= 0.6 is 0 Å². The van der Waals surface area contributed by atoms with Gasteiger partial charge < -0.3 is 5.32 Å². The first-order chi connectivity index (χ1) is 9.38. The normalized spacial score (nSPS) is 11.8. The first kappa shape index (κ1) is 14.7. The van der Waals surface area contributed by atoms with Gasteiger partial charge in [-0.1, -0.05) is 20.8 Å². The summed E-state index contributed by atoms with van der Waals surface area (Å²) in [7, 11) is 1.98. The van der Waals surface area contributed by atoms with E-state index >= 15 is 0 Å². The van der Waals surface area contributed by atoms with Gasteiger partial charge in [0.2, 0.25) is 0 Å². The van der Waals surface area contributed by atoms with Crippen molar-refractivity contribution in [3.63, 3.8) is 0 Å². The predicted octanol–water partition coefficient (Wildman–Crippen LogP) is 2.71. The van der Waals surface area contributed by atoms with Crippen LogP contribution < -0.4 is 5.32 Å². The van der Waals surface area contributed by atoms with Crippen LogP contribution in [0.5, 0.6) is 0 Å². The summed E-state index contributed by atoms with van der Waals surface area (Å²) in [6.07, 6.45) is 5.86. The molecule has 0 saturated heterocycles. The van der Waals surface area contributed by atoms with E-state index in [1.165, 1.54) is 16.7 Å². The van der Waals surface area contributed by atoms with Gasteiger partial charge in [-0.3, -0.25) is 9.67 Å². The molecule has 4 nitrogen and oxygen atoms in total. The molecule has 0 bridgehead atoms. The van der Waals surface area contributed by atoms with Gasteiger partial charge in [0.1, 0.15) is 0 Å². The van der Waals surface area contributed by atoms with Crippen LogP contribution in [-0.2, 0) is 25.6 Å². The van der Waals surface area contributed by atoms with Gasteiger partial charge in [-0.2, -0.15) is 5.10 Å². The van der Waals surface area contributed by atoms with E-state index in [-0.39, 0.29) is 5.41 Å². The van der Waals surface area contributed by atoms with E-state index in [9.17, 15) is 0 Å². The highest BCUT2D eigenvalue weighted by Crippen LogP contribution is 2.24. The van der Waals surface area contributed by atoms with Crippen molar-refractivity contribution in [1.29, 1.82) is 0 Å². The van der Waals surface area contributed by atoms with E-state index in [1.54, 1.807) is 0 Å². The summed E-state index contributed by atoms with van der Waals surface area (Å²) in [5, 5.41) is 8.08. The average Bonchev–Trinajstić information content (AvgIpc) is 2.73. The SMILES string of the molecule is Cc1ccncc1CNCc1cn(C)nc1C(C)(C)C. The molecule has 0 spiro atoms. The minimum absolute atomic E-state index is 0.0719. The third-order valence-electron chi connectivity index (χ3n) is 3.39. The van der Waals surface area contributed by atoms with Crippen molar-refractivity contribution in [2.45, 2.75) is 46.2 Å². The van der Waals surface area contributed by atoms with Crippen molar-refractivity contribution in [3.05, 3.63) is 47.0 Å². The van der Waals surface area contributed by atoms with Crippen LogP contribution in [-0.4, -0.2) is 14.8 Å². The summed E-state index contributed by atoms with van der Waals surface area (Å²) in [5.41, 5.74) is 5.02. The molecule has 0 radical (unpaired) electrons. The molecule has 4 heteroatoms. The molecule has 0 aliphatic rings. The molecule has 2 heterocycles. The second-order valence-electron chi connectivity index (χ2n) is 6.33. The fourth-order valence-corrected chi connectivity index (χ4v) is 2.31. The van der Waals surface area contributed by atoms with Crippen LogP contribution in [0.2, 0.25) is 0 Å². The fraction of sp³-hybridized carbons (Fsp3) is 0.500. The monoisotopic (exact) mass is 272 g/mol. The lowest BCUT2D eigenvalue weighted by Crippen LogP contribution is -2.19. The number of hydrogen-bond acceptors (Lipinski definition) is 3. The highest BCUT2D eigenvalue weighted by Gasteiger charge is 2.21. The number of aryl methyl sites for hydroxylation is 2. The smallest absolute Gasteiger partial charge is 0.0722 e. The van der Waals surface area contributed by atoms with E-state index < -0.39 is 0 Å². The zero-order chi connectivity index (χ0) is 14.8. The molecule has 0 atom stereocenters.